The molecule has 46 heavy (non-hydrogen) atoms. The summed E-state index contributed by atoms with van der Waals surface area (Å²) in [7, 11) is 0. The van der Waals surface area contributed by atoms with Crippen LogP contribution in [0.2, 0.25) is 0 Å². The van der Waals surface area contributed by atoms with E-state index < -0.39 is 0 Å². The Bertz CT molecular complexity index is 2690. The quantitative estimate of drug-likeness (QED) is 0.202. The van der Waals surface area contributed by atoms with Crippen LogP contribution >= 0.6 is 0 Å². The molecule has 0 fully saturated rings. The van der Waals surface area contributed by atoms with Crippen molar-refractivity contribution in [2.24, 2.45) is 0 Å². The standard InChI is InChI=1S/C43H26N2O/c46-43-36-17-8-7-15-31(36)34-22-23-35-37-25-27(20-24-39(37)45(42(35)41(34)43)30-13-5-2-6-14-30)28-19-21-33-32-16-9-10-18-38(32)44(40(33)26-28)29-11-3-1-4-12-29/h1-26H. The van der Waals surface area contributed by atoms with Gasteiger partial charge in [0.05, 0.1) is 27.6 Å². The van der Waals surface area contributed by atoms with Crippen molar-refractivity contribution in [3.05, 3.63) is 169 Å². The Morgan fingerprint density at radius 3 is 1.76 bits per heavy atom. The van der Waals surface area contributed by atoms with Crippen molar-refractivity contribution in [3.63, 3.8) is 0 Å². The predicted octanol–water partition coefficient (Wildman–Crippen LogP) is 10.8. The third-order valence-electron chi connectivity index (χ3n) is 9.65. The van der Waals surface area contributed by atoms with Crippen LogP contribution in [0.5, 0.6) is 0 Å². The van der Waals surface area contributed by atoms with Crippen molar-refractivity contribution >= 4 is 49.4 Å². The van der Waals surface area contributed by atoms with Crippen LogP contribution in [0.15, 0.2) is 158 Å². The molecule has 3 heteroatoms. The summed E-state index contributed by atoms with van der Waals surface area (Å²) in [5.74, 6) is 0.0932. The summed E-state index contributed by atoms with van der Waals surface area (Å²) < 4.78 is 4.63. The first kappa shape index (κ1) is 25.2. The van der Waals surface area contributed by atoms with Gasteiger partial charge in [-0.25, -0.2) is 0 Å². The predicted molar refractivity (Wildman–Crippen MR) is 189 cm³/mol. The van der Waals surface area contributed by atoms with Gasteiger partial charge in [-0.2, -0.15) is 0 Å². The average molecular weight is 587 g/mol. The Labute approximate surface area is 265 Å². The minimum Gasteiger partial charge on any atom is -0.309 e. The van der Waals surface area contributed by atoms with E-state index >= 15 is 0 Å². The number of para-hydroxylation sites is 3. The molecule has 0 amide bonds. The molecule has 7 aromatic carbocycles. The molecular weight excluding hydrogens is 560 g/mol. The summed E-state index contributed by atoms with van der Waals surface area (Å²) >= 11 is 0. The lowest BCUT2D eigenvalue weighted by Gasteiger charge is -2.11. The first-order valence-electron chi connectivity index (χ1n) is 15.7. The van der Waals surface area contributed by atoms with Gasteiger partial charge in [-0.3, -0.25) is 4.79 Å². The molecule has 0 spiro atoms. The van der Waals surface area contributed by atoms with E-state index in [0.717, 1.165) is 66.6 Å². The highest BCUT2D eigenvalue weighted by atomic mass is 16.1. The zero-order chi connectivity index (χ0) is 30.4. The van der Waals surface area contributed by atoms with Gasteiger partial charge in [-0.05, 0) is 70.8 Å². The minimum absolute atomic E-state index is 0.0932. The highest BCUT2D eigenvalue weighted by Crippen LogP contribution is 2.45. The number of carbonyl (C=O) groups excluding carboxylic acids is 1. The van der Waals surface area contributed by atoms with E-state index in [1.54, 1.807) is 0 Å². The third kappa shape index (κ3) is 3.40. The summed E-state index contributed by atoms with van der Waals surface area (Å²) in [6.45, 7) is 0. The lowest BCUT2D eigenvalue weighted by Crippen LogP contribution is -2.01. The molecule has 0 bridgehead atoms. The van der Waals surface area contributed by atoms with E-state index in [0.29, 0.717) is 0 Å². The molecule has 214 valence electrons. The van der Waals surface area contributed by atoms with E-state index in [1.807, 2.05) is 24.3 Å². The minimum atomic E-state index is 0.0932. The largest absolute Gasteiger partial charge is 0.309 e. The number of rotatable bonds is 3. The summed E-state index contributed by atoms with van der Waals surface area (Å²) in [4.78, 5) is 14.0. The molecule has 0 atom stereocenters. The van der Waals surface area contributed by atoms with Crippen LogP contribution in [-0.2, 0) is 0 Å². The molecule has 0 saturated carbocycles. The van der Waals surface area contributed by atoms with Gasteiger partial charge in [0.1, 0.15) is 0 Å². The average Bonchev–Trinajstić information content (AvgIpc) is 3.74. The Balaban J connectivity index is 1.24. The first-order chi connectivity index (χ1) is 22.8. The van der Waals surface area contributed by atoms with E-state index in [2.05, 4.69) is 143 Å². The third-order valence-corrected chi connectivity index (χ3v) is 9.65. The number of hydrogen-bond acceptors (Lipinski definition) is 1. The van der Waals surface area contributed by atoms with E-state index in [1.165, 1.54) is 21.8 Å². The lowest BCUT2D eigenvalue weighted by molar-refractivity contribution is 0.104. The molecule has 2 heterocycles. The number of hydrogen-bond donors (Lipinski definition) is 0. The van der Waals surface area contributed by atoms with Crippen LogP contribution in [0.1, 0.15) is 15.9 Å². The monoisotopic (exact) mass is 586 g/mol. The summed E-state index contributed by atoms with van der Waals surface area (Å²) in [6, 6.07) is 55.4. The van der Waals surface area contributed by atoms with Crippen LogP contribution in [0, 0.1) is 0 Å². The highest BCUT2D eigenvalue weighted by Gasteiger charge is 2.31. The smallest absolute Gasteiger partial charge is 0.196 e. The number of nitrogens with zero attached hydrogens (tertiary/aromatic N) is 2. The van der Waals surface area contributed by atoms with Crippen LogP contribution in [-0.4, -0.2) is 14.9 Å². The van der Waals surface area contributed by atoms with Gasteiger partial charge in [0.25, 0.3) is 0 Å². The van der Waals surface area contributed by atoms with Gasteiger partial charge >= 0.3 is 0 Å². The molecule has 1 aliphatic carbocycles. The molecule has 9 aromatic rings. The van der Waals surface area contributed by atoms with Gasteiger partial charge in [0, 0.05) is 38.5 Å². The maximum absolute atomic E-state index is 14.0. The Kier molecular flexibility index (Phi) is 5.15. The van der Waals surface area contributed by atoms with E-state index in [-0.39, 0.29) is 5.78 Å². The highest BCUT2D eigenvalue weighted by molar-refractivity contribution is 6.29. The van der Waals surface area contributed by atoms with Crippen molar-refractivity contribution in [1.29, 1.82) is 0 Å². The van der Waals surface area contributed by atoms with Crippen LogP contribution in [0.3, 0.4) is 0 Å². The Morgan fingerprint density at radius 2 is 0.957 bits per heavy atom. The summed E-state index contributed by atoms with van der Waals surface area (Å²) in [6.07, 6.45) is 0. The SMILES string of the molecule is O=C1c2ccccc2-c2ccc3c4cc(-c5ccc6c7ccccc7n(-c7ccccc7)c6c5)ccc4n(-c4ccccc4)c3c21. The zero-order valence-corrected chi connectivity index (χ0v) is 24.8. The van der Waals surface area contributed by atoms with Gasteiger partial charge in [-0.15, -0.1) is 0 Å². The second kappa shape index (κ2) is 9.40. The number of carbonyl (C=O) groups is 1. The van der Waals surface area contributed by atoms with E-state index in [4.69, 9.17) is 0 Å². The molecule has 0 saturated heterocycles. The van der Waals surface area contributed by atoms with Gasteiger partial charge in [0.15, 0.2) is 5.78 Å². The molecule has 0 aliphatic heterocycles. The molecule has 0 unspecified atom stereocenters. The van der Waals surface area contributed by atoms with Gasteiger partial charge in [-0.1, -0.05) is 109 Å². The van der Waals surface area contributed by atoms with Crippen molar-refractivity contribution < 1.29 is 4.79 Å². The van der Waals surface area contributed by atoms with Crippen LogP contribution in [0.4, 0.5) is 0 Å². The second-order valence-corrected chi connectivity index (χ2v) is 12.1. The molecule has 10 rings (SSSR count). The zero-order valence-electron chi connectivity index (χ0n) is 24.8. The fraction of sp³-hybridized carbons (Fsp3) is 0. The number of benzene rings is 7. The van der Waals surface area contributed by atoms with Crippen LogP contribution in [0.25, 0.3) is 77.2 Å². The molecule has 1 aliphatic rings. The maximum Gasteiger partial charge on any atom is 0.196 e. The summed E-state index contributed by atoms with van der Waals surface area (Å²) in [5.41, 5.74) is 12.5. The maximum atomic E-state index is 14.0. The first-order valence-corrected chi connectivity index (χ1v) is 15.7. The molecule has 3 nitrogen and oxygen atoms in total. The topological polar surface area (TPSA) is 26.9 Å². The fourth-order valence-electron chi connectivity index (χ4n) is 7.64. The van der Waals surface area contributed by atoms with Crippen molar-refractivity contribution in [1.82, 2.24) is 9.13 Å². The molecule has 0 N–H and O–H groups in total. The second-order valence-electron chi connectivity index (χ2n) is 12.1. The van der Waals surface area contributed by atoms with Gasteiger partial charge < -0.3 is 9.13 Å². The number of fused-ring (bicyclic) bond motifs is 10. The van der Waals surface area contributed by atoms with Gasteiger partial charge in [0.2, 0.25) is 0 Å². The molecular formula is C43H26N2O. The van der Waals surface area contributed by atoms with Crippen LogP contribution < -0.4 is 0 Å². The fourth-order valence-corrected chi connectivity index (χ4v) is 7.64. The van der Waals surface area contributed by atoms with E-state index in [9.17, 15) is 4.79 Å². The Morgan fingerprint density at radius 1 is 0.370 bits per heavy atom. The lowest BCUT2D eigenvalue weighted by atomic mass is 9.99. The number of ketones is 1. The molecule has 0 radical (unpaired) electrons. The number of aromatic nitrogens is 2. The van der Waals surface area contributed by atoms with Crippen molar-refractivity contribution in [3.8, 4) is 33.6 Å². The van der Waals surface area contributed by atoms with Crippen molar-refractivity contribution in [2.75, 3.05) is 0 Å². The normalized spacial score (nSPS) is 12.4. The Hall–Kier alpha value is -6.19. The molecule has 2 aromatic heterocycles. The van der Waals surface area contributed by atoms with Crippen molar-refractivity contribution in [2.45, 2.75) is 0 Å². The summed E-state index contributed by atoms with van der Waals surface area (Å²) in [5, 5.41) is 4.69.